The van der Waals surface area contributed by atoms with E-state index in [1.54, 1.807) is 12.1 Å². The van der Waals surface area contributed by atoms with Crippen LogP contribution < -0.4 is 5.32 Å². The fourth-order valence-electron chi connectivity index (χ4n) is 2.01. The third-order valence-electron chi connectivity index (χ3n) is 2.94. The first-order chi connectivity index (χ1) is 9.45. The van der Waals surface area contributed by atoms with E-state index in [-0.39, 0.29) is 11.9 Å². The molecule has 0 unspecified atom stereocenters. The van der Waals surface area contributed by atoms with Crippen LogP contribution >= 0.6 is 11.6 Å². The fourth-order valence-corrected chi connectivity index (χ4v) is 2.24. The average molecular weight is 296 g/mol. The molecule has 0 aromatic heterocycles. The van der Waals surface area contributed by atoms with Crippen LogP contribution in [0.15, 0.2) is 36.4 Å². The summed E-state index contributed by atoms with van der Waals surface area (Å²) in [4.78, 5) is 0. The molecule has 0 saturated heterocycles. The zero-order valence-corrected chi connectivity index (χ0v) is 12.1. The second-order valence-electron chi connectivity index (χ2n) is 5.00. The fraction of sp³-hybridized carbons (Fsp3) is 0.250. The first kappa shape index (κ1) is 14.9. The Morgan fingerprint density at radius 2 is 1.80 bits per heavy atom. The Hall–Kier alpha value is -1.45. The van der Waals surface area contributed by atoms with Crippen LogP contribution in [-0.2, 0) is 6.54 Å². The van der Waals surface area contributed by atoms with Gasteiger partial charge < -0.3 is 5.32 Å². The van der Waals surface area contributed by atoms with Crippen LogP contribution in [0.25, 0.3) is 11.1 Å². The highest BCUT2D eigenvalue weighted by atomic mass is 35.5. The van der Waals surface area contributed by atoms with Gasteiger partial charge in [0, 0.05) is 17.6 Å². The largest absolute Gasteiger partial charge is 0.310 e. The highest BCUT2D eigenvalue weighted by molar-refractivity contribution is 6.30. The first-order valence-corrected chi connectivity index (χ1v) is 6.82. The van der Waals surface area contributed by atoms with Crippen molar-refractivity contribution in [3.63, 3.8) is 0 Å². The minimum atomic E-state index is -0.403. The Bertz CT molecular complexity index is 591. The van der Waals surface area contributed by atoms with Crippen molar-refractivity contribution in [3.8, 4) is 11.1 Å². The number of hydrogen-bond acceptors (Lipinski definition) is 1. The lowest BCUT2D eigenvalue weighted by atomic mass is 9.99. The SMILES string of the molecule is CC(C)NCc1cc(F)ccc1-c1cc(F)cc(Cl)c1. The van der Waals surface area contributed by atoms with Crippen LogP contribution in [0.4, 0.5) is 8.78 Å². The summed E-state index contributed by atoms with van der Waals surface area (Å²) in [6, 6.07) is 9.09. The van der Waals surface area contributed by atoms with E-state index in [2.05, 4.69) is 5.32 Å². The molecular formula is C16H16ClF2N. The number of hydrogen-bond donors (Lipinski definition) is 1. The predicted molar refractivity (Wildman–Crippen MR) is 78.8 cm³/mol. The molecule has 0 fully saturated rings. The molecule has 0 aliphatic carbocycles. The quantitative estimate of drug-likeness (QED) is 0.855. The maximum absolute atomic E-state index is 13.5. The summed E-state index contributed by atoms with van der Waals surface area (Å²) in [7, 11) is 0. The Morgan fingerprint density at radius 3 is 2.45 bits per heavy atom. The molecule has 106 valence electrons. The lowest BCUT2D eigenvalue weighted by Crippen LogP contribution is -2.22. The van der Waals surface area contributed by atoms with Gasteiger partial charge in [-0.05, 0) is 47.0 Å². The molecular weight excluding hydrogens is 280 g/mol. The molecule has 0 spiro atoms. The van der Waals surface area contributed by atoms with Crippen molar-refractivity contribution in [2.24, 2.45) is 0 Å². The molecule has 20 heavy (non-hydrogen) atoms. The summed E-state index contributed by atoms with van der Waals surface area (Å²) in [6.07, 6.45) is 0. The Morgan fingerprint density at radius 1 is 1.05 bits per heavy atom. The van der Waals surface area contributed by atoms with Crippen molar-refractivity contribution >= 4 is 11.6 Å². The standard InChI is InChI=1S/C16H16ClF2N/c1-10(2)20-9-12-7-14(18)3-4-16(12)11-5-13(17)8-15(19)6-11/h3-8,10,20H,9H2,1-2H3. The number of rotatable bonds is 4. The van der Waals surface area contributed by atoms with Gasteiger partial charge in [0.25, 0.3) is 0 Å². The van der Waals surface area contributed by atoms with Crippen molar-refractivity contribution in [2.75, 3.05) is 0 Å². The third kappa shape index (κ3) is 3.78. The summed E-state index contributed by atoms with van der Waals surface area (Å²) in [6.45, 7) is 4.54. The molecule has 0 heterocycles. The maximum atomic E-state index is 13.5. The van der Waals surface area contributed by atoms with Gasteiger partial charge in [-0.25, -0.2) is 8.78 Å². The van der Waals surface area contributed by atoms with Gasteiger partial charge in [0.1, 0.15) is 11.6 Å². The van der Waals surface area contributed by atoms with Crippen LogP contribution in [0.2, 0.25) is 5.02 Å². The minimum absolute atomic E-state index is 0.280. The lowest BCUT2D eigenvalue weighted by Gasteiger charge is -2.13. The first-order valence-electron chi connectivity index (χ1n) is 6.44. The molecule has 4 heteroatoms. The monoisotopic (exact) mass is 295 g/mol. The molecule has 0 atom stereocenters. The van der Waals surface area contributed by atoms with Gasteiger partial charge in [0.15, 0.2) is 0 Å². The highest BCUT2D eigenvalue weighted by Gasteiger charge is 2.09. The second-order valence-corrected chi connectivity index (χ2v) is 5.43. The third-order valence-corrected chi connectivity index (χ3v) is 3.16. The van der Waals surface area contributed by atoms with E-state index in [1.807, 2.05) is 13.8 Å². The van der Waals surface area contributed by atoms with Gasteiger partial charge in [-0.3, -0.25) is 0 Å². The summed E-state index contributed by atoms with van der Waals surface area (Å²) in [5.41, 5.74) is 2.21. The van der Waals surface area contributed by atoms with E-state index < -0.39 is 5.82 Å². The van der Waals surface area contributed by atoms with Crippen LogP contribution in [0.5, 0.6) is 0 Å². The van der Waals surface area contributed by atoms with Crippen molar-refractivity contribution in [1.29, 1.82) is 0 Å². The molecule has 2 aromatic carbocycles. The van der Waals surface area contributed by atoms with Gasteiger partial charge in [0.2, 0.25) is 0 Å². The molecule has 0 radical (unpaired) electrons. The molecule has 0 aliphatic rings. The molecule has 2 aromatic rings. The smallest absolute Gasteiger partial charge is 0.125 e. The highest BCUT2D eigenvalue weighted by Crippen LogP contribution is 2.28. The minimum Gasteiger partial charge on any atom is -0.310 e. The van der Waals surface area contributed by atoms with E-state index >= 15 is 0 Å². The zero-order chi connectivity index (χ0) is 14.7. The number of halogens is 3. The Labute approximate surface area is 122 Å². The average Bonchev–Trinajstić information content (AvgIpc) is 2.35. The van der Waals surface area contributed by atoms with Gasteiger partial charge in [0.05, 0.1) is 0 Å². The van der Waals surface area contributed by atoms with Crippen molar-refractivity contribution in [1.82, 2.24) is 5.32 Å². The summed E-state index contributed by atoms with van der Waals surface area (Å²) in [5, 5.41) is 3.56. The summed E-state index contributed by atoms with van der Waals surface area (Å²) < 4.78 is 26.9. The molecule has 1 N–H and O–H groups in total. The maximum Gasteiger partial charge on any atom is 0.125 e. The van der Waals surface area contributed by atoms with Crippen LogP contribution in [-0.4, -0.2) is 6.04 Å². The molecule has 0 bridgehead atoms. The van der Waals surface area contributed by atoms with E-state index in [4.69, 9.17) is 11.6 Å². The molecule has 0 aliphatic heterocycles. The molecule has 0 saturated carbocycles. The topological polar surface area (TPSA) is 12.0 Å². The molecule has 2 rings (SSSR count). The summed E-state index contributed by atoms with van der Waals surface area (Å²) >= 11 is 5.88. The second kappa shape index (κ2) is 6.33. The van der Waals surface area contributed by atoms with Crippen molar-refractivity contribution in [3.05, 3.63) is 58.6 Å². The lowest BCUT2D eigenvalue weighted by molar-refractivity contribution is 0.582. The van der Waals surface area contributed by atoms with E-state index in [0.29, 0.717) is 17.1 Å². The normalized spacial score (nSPS) is 11.1. The van der Waals surface area contributed by atoms with Gasteiger partial charge in [-0.1, -0.05) is 31.5 Å². The van der Waals surface area contributed by atoms with Crippen molar-refractivity contribution in [2.45, 2.75) is 26.4 Å². The molecule has 1 nitrogen and oxygen atoms in total. The van der Waals surface area contributed by atoms with E-state index in [1.165, 1.54) is 24.3 Å². The predicted octanol–water partition coefficient (Wildman–Crippen LogP) is 4.78. The number of benzene rings is 2. The van der Waals surface area contributed by atoms with Crippen LogP contribution in [0.1, 0.15) is 19.4 Å². The van der Waals surface area contributed by atoms with Gasteiger partial charge in [-0.15, -0.1) is 0 Å². The Balaban J connectivity index is 2.44. The van der Waals surface area contributed by atoms with E-state index in [0.717, 1.165) is 11.1 Å². The van der Waals surface area contributed by atoms with Crippen molar-refractivity contribution < 1.29 is 8.78 Å². The summed E-state index contributed by atoms with van der Waals surface area (Å²) in [5.74, 6) is -0.712. The Kier molecular flexibility index (Phi) is 4.73. The van der Waals surface area contributed by atoms with Crippen LogP contribution in [0.3, 0.4) is 0 Å². The van der Waals surface area contributed by atoms with E-state index in [9.17, 15) is 8.78 Å². The van der Waals surface area contributed by atoms with Crippen LogP contribution in [0, 0.1) is 11.6 Å². The van der Waals surface area contributed by atoms with Gasteiger partial charge in [-0.2, -0.15) is 0 Å². The van der Waals surface area contributed by atoms with Gasteiger partial charge >= 0.3 is 0 Å². The molecule has 0 amide bonds. The zero-order valence-electron chi connectivity index (χ0n) is 11.4. The number of nitrogens with one attached hydrogen (secondary N) is 1.